The second-order valence-corrected chi connectivity index (χ2v) is 4.76. The van der Waals surface area contributed by atoms with Crippen LogP contribution >= 0.6 is 0 Å². The lowest BCUT2D eigenvalue weighted by atomic mass is 10.0. The summed E-state index contributed by atoms with van der Waals surface area (Å²) in [7, 11) is 0. The Hall–Kier alpha value is -2.32. The van der Waals surface area contributed by atoms with E-state index in [0.717, 1.165) is 0 Å². The number of aliphatic hydroxyl groups is 1. The van der Waals surface area contributed by atoms with E-state index < -0.39 is 17.4 Å². The number of aliphatic hydroxyl groups excluding tert-OH is 1. The molecule has 0 unspecified atom stereocenters. The van der Waals surface area contributed by atoms with Gasteiger partial charge in [0.2, 0.25) is 5.91 Å². The number of amides is 2. The first-order valence-corrected chi connectivity index (χ1v) is 6.19. The van der Waals surface area contributed by atoms with Crippen molar-refractivity contribution in [2.75, 3.05) is 6.61 Å². The summed E-state index contributed by atoms with van der Waals surface area (Å²) in [6.07, 6.45) is 0.336. The summed E-state index contributed by atoms with van der Waals surface area (Å²) in [5.41, 5.74) is 5.00. The van der Waals surface area contributed by atoms with Crippen molar-refractivity contribution in [2.24, 2.45) is 5.73 Å². The van der Waals surface area contributed by atoms with Gasteiger partial charge in [-0.25, -0.2) is 0 Å². The lowest BCUT2D eigenvalue weighted by Gasteiger charge is -2.22. The largest absolute Gasteiger partial charge is 0.395 e. The number of carbonyl (C=O) groups excluding carboxylic acids is 2. The van der Waals surface area contributed by atoms with Gasteiger partial charge in [0.1, 0.15) is 5.54 Å². The molecule has 20 heavy (non-hydrogen) atoms. The molecule has 0 fully saturated rings. The van der Waals surface area contributed by atoms with Crippen molar-refractivity contribution in [1.29, 1.82) is 0 Å². The van der Waals surface area contributed by atoms with E-state index in [1.807, 2.05) is 0 Å². The molecule has 0 aliphatic rings. The molecular weight excluding hydrogens is 256 g/mol. The second kappa shape index (κ2) is 6.73. The molecule has 4 N–H and O–H groups in total. The number of hydrogen-bond donors (Lipinski definition) is 3. The highest BCUT2D eigenvalue weighted by Crippen LogP contribution is 2.10. The van der Waals surface area contributed by atoms with E-state index in [1.165, 1.54) is 13.8 Å². The van der Waals surface area contributed by atoms with Crippen LogP contribution in [0.5, 0.6) is 0 Å². The molecular formula is C15H18N2O3. The second-order valence-electron chi connectivity index (χ2n) is 4.76. The molecule has 1 aromatic carbocycles. The first-order valence-electron chi connectivity index (χ1n) is 6.19. The summed E-state index contributed by atoms with van der Waals surface area (Å²) in [4.78, 5) is 23.4. The normalized spacial score (nSPS) is 10.3. The minimum absolute atomic E-state index is 0.0317. The molecule has 0 heterocycles. The van der Waals surface area contributed by atoms with Gasteiger partial charge in [-0.3, -0.25) is 9.59 Å². The predicted octanol–water partition coefficient (Wildman–Crippen LogP) is 0.414. The summed E-state index contributed by atoms with van der Waals surface area (Å²) in [6, 6.07) is 6.80. The van der Waals surface area contributed by atoms with Crippen molar-refractivity contribution < 1.29 is 14.7 Å². The summed E-state index contributed by atoms with van der Waals surface area (Å²) >= 11 is 0. The molecule has 5 nitrogen and oxygen atoms in total. The lowest BCUT2D eigenvalue weighted by Crippen LogP contribution is -2.53. The highest BCUT2D eigenvalue weighted by atomic mass is 16.2. The molecule has 0 saturated heterocycles. The fraction of sp³-hybridized carbons (Fsp3) is 0.333. The van der Waals surface area contributed by atoms with Crippen LogP contribution in [0.2, 0.25) is 0 Å². The summed E-state index contributed by atoms with van der Waals surface area (Å²) in [5.74, 6) is 4.55. The molecule has 0 aromatic heterocycles. The molecule has 1 aromatic rings. The zero-order valence-corrected chi connectivity index (χ0v) is 11.6. The number of nitrogens with two attached hydrogens (primary N) is 1. The first-order chi connectivity index (χ1) is 9.38. The summed E-state index contributed by atoms with van der Waals surface area (Å²) < 4.78 is 0. The van der Waals surface area contributed by atoms with E-state index in [2.05, 4.69) is 17.2 Å². The van der Waals surface area contributed by atoms with Gasteiger partial charge in [0, 0.05) is 12.0 Å². The average Bonchev–Trinajstić information content (AvgIpc) is 2.39. The number of primary amides is 1. The minimum atomic E-state index is -1.14. The van der Waals surface area contributed by atoms with Crippen LogP contribution in [-0.4, -0.2) is 29.1 Å². The zero-order valence-electron chi connectivity index (χ0n) is 11.6. The lowest BCUT2D eigenvalue weighted by molar-refractivity contribution is -0.122. The Morgan fingerprint density at radius 1 is 1.35 bits per heavy atom. The highest BCUT2D eigenvalue weighted by molar-refractivity contribution is 6.00. The molecule has 0 aliphatic carbocycles. The van der Waals surface area contributed by atoms with Crippen molar-refractivity contribution in [1.82, 2.24) is 5.32 Å². The number of hydrogen-bond acceptors (Lipinski definition) is 3. The number of benzene rings is 1. The van der Waals surface area contributed by atoms with Gasteiger partial charge < -0.3 is 16.2 Å². The molecule has 2 amide bonds. The maximum absolute atomic E-state index is 12.2. The SMILES string of the molecule is CC(C)(NC(=O)c1ccccc1C#CCCO)C(N)=O. The molecule has 0 spiro atoms. The van der Waals surface area contributed by atoms with Crippen LogP contribution < -0.4 is 11.1 Å². The van der Waals surface area contributed by atoms with E-state index in [-0.39, 0.29) is 6.61 Å². The van der Waals surface area contributed by atoms with Gasteiger partial charge >= 0.3 is 0 Å². The van der Waals surface area contributed by atoms with Gasteiger partial charge in [-0.05, 0) is 26.0 Å². The topological polar surface area (TPSA) is 92.4 Å². The maximum atomic E-state index is 12.2. The van der Waals surface area contributed by atoms with Gasteiger partial charge in [-0.1, -0.05) is 24.0 Å². The van der Waals surface area contributed by atoms with Crippen LogP contribution in [0.3, 0.4) is 0 Å². The number of rotatable bonds is 4. The quantitative estimate of drug-likeness (QED) is 0.694. The van der Waals surface area contributed by atoms with Crippen molar-refractivity contribution in [3.8, 4) is 11.8 Å². The summed E-state index contributed by atoms with van der Waals surface area (Å²) in [6.45, 7) is 3.04. The third-order valence-corrected chi connectivity index (χ3v) is 2.67. The first kappa shape index (κ1) is 15.7. The number of nitrogens with one attached hydrogen (secondary N) is 1. The molecule has 5 heteroatoms. The Balaban J connectivity index is 3.00. The van der Waals surface area contributed by atoms with E-state index in [9.17, 15) is 9.59 Å². The van der Waals surface area contributed by atoms with Gasteiger partial charge in [0.25, 0.3) is 5.91 Å². The van der Waals surface area contributed by atoms with Crippen molar-refractivity contribution in [3.63, 3.8) is 0 Å². The van der Waals surface area contributed by atoms with Gasteiger partial charge in [-0.2, -0.15) is 0 Å². The maximum Gasteiger partial charge on any atom is 0.253 e. The van der Waals surface area contributed by atoms with Gasteiger partial charge in [-0.15, -0.1) is 0 Å². The monoisotopic (exact) mass is 274 g/mol. The van der Waals surface area contributed by atoms with Gasteiger partial charge in [0.15, 0.2) is 0 Å². The fourth-order valence-corrected chi connectivity index (χ4v) is 1.42. The van der Waals surface area contributed by atoms with Crippen molar-refractivity contribution in [3.05, 3.63) is 35.4 Å². The number of carbonyl (C=O) groups is 2. The Bertz CT molecular complexity index is 568. The fourth-order valence-electron chi connectivity index (χ4n) is 1.42. The van der Waals surface area contributed by atoms with Crippen LogP contribution in [0.15, 0.2) is 24.3 Å². The Morgan fingerprint density at radius 2 is 2.00 bits per heavy atom. The molecule has 0 bridgehead atoms. The molecule has 0 aliphatic heterocycles. The van der Waals surface area contributed by atoms with Gasteiger partial charge in [0.05, 0.1) is 12.2 Å². The molecule has 0 radical (unpaired) electrons. The van der Waals surface area contributed by atoms with E-state index in [0.29, 0.717) is 17.5 Å². The molecule has 0 atom stereocenters. The van der Waals surface area contributed by atoms with E-state index in [4.69, 9.17) is 10.8 Å². The van der Waals surface area contributed by atoms with E-state index >= 15 is 0 Å². The third kappa shape index (κ3) is 4.11. The van der Waals surface area contributed by atoms with E-state index in [1.54, 1.807) is 24.3 Å². The molecule has 0 saturated carbocycles. The van der Waals surface area contributed by atoms with Crippen LogP contribution in [0, 0.1) is 11.8 Å². The zero-order chi connectivity index (χ0) is 15.2. The van der Waals surface area contributed by atoms with Crippen molar-refractivity contribution >= 4 is 11.8 Å². The Labute approximate surface area is 118 Å². The van der Waals surface area contributed by atoms with Crippen LogP contribution in [-0.2, 0) is 4.79 Å². The Kier molecular flexibility index (Phi) is 5.30. The summed E-state index contributed by atoms with van der Waals surface area (Å²) in [5, 5.41) is 11.3. The molecule has 106 valence electrons. The Morgan fingerprint density at radius 3 is 2.60 bits per heavy atom. The highest BCUT2D eigenvalue weighted by Gasteiger charge is 2.27. The van der Waals surface area contributed by atoms with Crippen LogP contribution in [0.25, 0.3) is 0 Å². The molecule has 1 rings (SSSR count). The standard InChI is InChI=1S/C15H18N2O3/c1-15(2,14(16)20)17-13(19)12-9-4-3-7-11(12)8-5-6-10-18/h3-4,7,9,18H,6,10H2,1-2H3,(H2,16,20)(H,17,19). The predicted molar refractivity (Wildman–Crippen MR) is 75.8 cm³/mol. The average molecular weight is 274 g/mol. The van der Waals surface area contributed by atoms with Crippen LogP contribution in [0.4, 0.5) is 0 Å². The smallest absolute Gasteiger partial charge is 0.253 e. The minimum Gasteiger partial charge on any atom is -0.395 e. The van der Waals surface area contributed by atoms with Crippen LogP contribution in [0.1, 0.15) is 36.2 Å². The van der Waals surface area contributed by atoms with Crippen molar-refractivity contribution in [2.45, 2.75) is 25.8 Å². The third-order valence-electron chi connectivity index (χ3n) is 2.67.